The van der Waals surface area contributed by atoms with E-state index >= 15 is 0 Å². The van der Waals surface area contributed by atoms with E-state index in [0.29, 0.717) is 6.54 Å². The van der Waals surface area contributed by atoms with Gasteiger partial charge in [0.2, 0.25) is 0 Å². The molecule has 0 radical (unpaired) electrons. The molecule has 4 heteroatoms. The minimum absolute atomic E-state index is 0.703. The van der Waals surface area contributed by atoms with Crippen LogP contribution in [0.5, 0.6) is 11.5 Å². The lowest BCUT2D eigenvalue weighted by Crippen LogP contribution is -2.02. The number of anilines is 1. The van der Waals surface area contributed by atoms with Gasteiger partial charge < -0.3 is 14.8 Å². The Balaban J connectivity index is 2.12. The summed E-state index contributed by atoms with van der Waals surface area (Å²) in [4.78, 5) is 0. The number of methoxy groups -OCH3 is 2. The van der Waals surface area contributed by atoms with Gasteiger partial charge >= 0.3 is 0 Å². The number of rotatable bonds is 5. The molecule has 0 atom stereocenters. The number of halogens is 1. The number of ether oxygens (including phenoxy) is 2. The Morgan fingerprint density at radius 2 is 1.85 bits per heavy atom. The van der Waals surface area contributed by atoms with Crippen LogP contribution >= 0.6 is 15.9 Å². The van der Waals surface area contributed by atoms with E-state index in [0.717, 1.165) is 27.2 Å². The zero-order chi connectivity index (χ0) is 14.5. The van der Waals surface area contributed by atoms with Gasteiger partial charge in [0.05, 0.1) is 14.2 Å². The van der Waals surface area contributed by atoms with E-state index in [2.05, 4.69) is 34.2 Å². The topological polar surface area (TPSA) is 30.5 Å². The number of hydrogen-bond acceptors (Lipinski definition) is 3. The summed E-state index contributed by atoms with van der Waals surface area (Å²) in [5.74, 6) is 1.62. The highest BCUT2D eigenvalue weighted by Crippen LogP contribution is 2.26. The number of aryl methyl sites for hydroxylation is 1. The predicted molar refractivity (Wildman–Crippen MR) is 85.8 cm³/mol. The molecule has 0 aliphatic heterocycles. The van der Waals surface area contributed by atoms with Crippen LogP contribution in [0.4, 0.5) is 5.69 Å². The molecule has 0 aliphatic rings. The van der Waals surface area contributed by atoms with Crippen LogP contribution < -0.4 is 14.8 Å². The van der Waals surface area contributed by atoms with Crippen LogP contribution in [-0.4, -0.2) is 14.2 Å². The van der Waals surface area contributed by atoms with Crippen molar-refractivity contribution in [2.24, 2.45) is 0 Å². The second kappa shape index (κ2) is 6.66. The third kappa shape index (κ3) is 3.45. The molecule has 0 unspecified atom stereocenters. The van der Waals surface area contributed by atoms with Crippen LogP contribution in [0, 0.1) is 6.92 Å². The molecule has 2 aromatic carbocycles. The van der Waals surface area contributed by atoms with Crippen molar-refractivity contribution >= 4 is 21.6 Å². The Morgan fingerprint density at radius 3 is 2.50 bits per heavy atom. The Labute approximate surface area is 128 Å². The molecule has 0 spiro atoms. The van der Waals surface area contributed by atoms with Crippen molar-refractivity contribution in [2.75, 3.05) is 19.5 Å². The monoisotopic (exact) mass is 335 g/mol. The maximum atomic E-state index is 5.39. The molecule has 0 saturated carbocycles. The van der Waals surface area contributed by atoms with Gasteiger partial charge in [-0.1, -0.05) is 15.9 Å². The van der Waals surface area contributed by atoms with Crippen molar-refractivity contribution < 1.29 is 9.47 Å². The molecular weight excluding hydrogens is 318 g/mol. The van der Waals surface area contributed by atoms with Gasteiger partial charge in [-0.15, -0.1) is 0 Å². The van der Waals surface area contributed by atoms with Crippen molar-refractivity contribution in [3.8, 4) is 11.5 Å². The maximum absolute atomic E-state index is 5.39. The van der Waals surface area contributed by atoms with Gasteiger partial charge in [-0.05, 0) is 42.8 Å². The molecule has 0 amide bonds. The average molecular weight is 336 g/mol. The van der Waals surface area contributed by atoms with E-state index in [-0.39, 0.29) is 0 Å². The highest BCUT2D eigenvalue weighted by atomic mass is 79.9. The summed E-state index contributed by atoms with van der Waals surface area (Å²) in [6.45, 7) is 2.78. The normalized spacial score (nSPS) is 10.2. The van der Waals surface area contributed by atoms with Crippen LogP contribution in [-0.2, 0) is 6.54 Å². The van der Waals surface area contributed by atoms with Crippen LogP contribution in [0.25, 0.3) is 0 Å². The molecule has 0 aromatic heterocycles. The molecular formula is C16H18BrNO2. The maximum Gasteiger partial charge on any atom is 0.127 e. The average Bonchev–Trinajstić information content (AvgIpc) is 2.48. The Bertz CT molecular complexity index is 599. The van der Waals surface area contributed by atoms with E-state index < -0.39 is 0 Å². The third-order valence-corrected chi connectivity index (χ3v) is 4.02. The van der Waals surface area contributed by atoms with E-state index in [1.807, 2.05) is 30.3 Å². The lowest BCUT2D eigenvalue weighted by molar-refractivity contribution is 0.391. The van der Waals surface area contributed by atoms with Crippen LogP contribution in [0.1, 0.15) is 11.1 Å². The third-order valence-electron chi connectivity index (χ3n) is 3.14. The van der Waals surface area contributed by atoms with E-state index in [1.54, 1.807) is 14.2 Å². The van der Waals surface area contributed by atoms with Crippen molar-refractivity contribution in [3.63, 3.8) is 0 Å². The molecule has 0 heterocycles. The first-order chi connectivity index (χ1) is 9.63. The minimum Gasteiger partial charge on any atom is -0.497 e. The summed E-state index contributed by atoms with van der Waals surface area (Å²) >= 11 is 3.50. The first kappa shape index (κ1) is 14.7. The predicted octanol–water partition coefficient (Wildman–Crippen LogP) is 4.39. The lowest BCUT2D eigenvalue weighted by Gasteiger charge is -2.12. The van der Waals surface area contributed by atoms with Gasteiger partial charge in [-0.2, -0.15) is 0 Å². The standard InChI is InChI=1S/C16H18BrNO2/c1-11-8-13(5-7-15(11)17)18-10-12-4-6-14(19-2)9-16(12)20-3/h4-9,18H,10H2,1-3H3. The molecule has 3 nitrogen and oxygen atoms in total. The second-order valence-electron chi connectivity index (χ2n) is 4.50. The summed E-state index contributed by atoms with van der Waals surface area (Å²) in [5, 5.41) is 3.40. The molecule has 2 aromatic rings. The van der Waals surface area contributed by atoms with Crippen molar-refractivity contribution in [1.29, 1.82) is 0 Å². The fourth-order valence-electron chi connectivity index (χ4n) is 1.95. The van der Waals surface area contributed by atoms with Crippen molar-refractivity contribution in [3.05, 3.63) is 52.0 Å². The molecule has 2 rings (SSSR count). The van der Waals surface area contributed by atoms with Gasteiger partial charge in [0.15, 0.2) is 0 Å². The Kier molecular flexibility index (Phi) is 4.90. The van der Waals surface area contributed by atoms with Crippen molar-refractivity contribution in [2.45, 2.75) is 13.5 Å². The highest BCUT2D eigenvalue weighted by molar-refractivity contribution is 9.10. The van der Waals surface area contributed by atoms with Gasteiger partial charge in [0.25, 0.3) is 0 Å². The zero-order valence-corrected chi connectivity index (χ0v) is 13.5. The summed E-state index contributed by atoms with van der Waals surface area (Å²) in [7, 11) is 3.32. The summed E-state index contributed by atoms with van der Waals surface area (Å²) in [6.07, 6.45) is 0. The number of nitrogens with one attached hydrogen (secondary N) is 1. The lowest BCUT2D eigenvalue weighted by atomic mass is 10.1. The first-order valence-electron chi connectivity index (χ1n) is 6.35. The molecule has 1 N–H and O–H groups in total. The molecule has 106 valence electrons. The van der Waals surface area contributed by atoms with E-state index in [1.165, 1.54) is 5.56 Å². The highest BCUT2D eigenvalue weighted by Gasteiger charge is 2.05. The van der Waals surface area contributed by atoms with Gasteiger partial charge in [0.1, 0.15) is 11.5 Å². The molecule has 0 bridgehead atoms. The van der Waals surface area contributed by atoms with E-state index in [9.17, 15) is 0 Å². The van der Waals surface area contributed by atoms with Crippen LogP contribution in [0.15, 0.2) is 40.9 Å². The first-order valence-corrected chi connectivity index (χ1v) is 7.14. The summed E-state index contributed by atoms with van der Waals surface area (Å²) in [5.41, 5.74) is 3.38. The second-order valence-corrected chi connectivity index (χ2v) is 5.35. The molecule has 0 aliphatic carbocycles. The number of hydrogen-bond donors (Lipinski definition) is 1. The zero-order valence-electron chi connectivity index (χ0n) is 11.9. The number of benzene rings is 2. The molecule has 0 saturated heterocycles. The largest absolute Gasteiger partial charge is 0.497 e. The smallest absolute Gasteiger partial charge is 0.127 e. The van der Waals surface area contributed by atoms with Crippen molar-refractivity contribution in [1.82, 2.24) is 0 Å². The molecule has 20 heavy (non-hydrogen) atoms. The Hall–Kier alpha value is -1.68. The SMILES string of the molecule is COc1ccc(CNc2ccc(Br)c(C)c2)c(OC)c1. The van der Waals surface area contributed by atoms with Gasteiger partial charge in [-0.25, -0.2) is 0 Å². The summed E-state index contributed by atoms with van der Waals surface area (Å²) < 4.78 is 11.7. The Morgan fingerprint density at radius 1 is 1.05 bits per heavy atom. The van der Waals surface area contributed by atoms with Crippen LogP contribution in [0.3, 0.4) is 0 Å². The van der Waals surface area contributed by atoms with Gasteiger partial charge in [0, 0.05) is 28.3 Å². The van der Waals surface area contributed by atoms with Gasteiger partial charge in [-0.3, -0.25) is 0 Å². The summed E-state index contributed by atoms with van der Waals surface area (Å²) in [6, 6.07) is 12.0. The minimum atomic E-state index is 0.703. The molecule has 0 fully saturated rings. The quantitative estimate of drug-likeness (QED) is 0.879. The fourth-order valence-corrected chi connectivity index (χ4v) is 2.20. The fraction of sp³-hybridized carbons (Fsp3) is 0.250. The van der Waals surface area contributed by atoms with E-state index in [4.69, 9.17) is 9.47 Å². The van der Waals surface area contributed by atoms with Crippen LogP contribution in [0.2, 0.25) is 0 Å².